The smallest absolute Gasteiger partial charge is 0.191 e. The molecule has 1 aliphatic rings. The highest BCUT2D eigenvalue weighted by atomic mass is 15.3. The molecular weight excluding hydrogens is 214 g/mol. The van der Waals surface area contributed by atoms with Crippen LogP contribution < -0.4 is 5.73 Å². The van der Waals surface area contributed by atoms with Crippen molar-refractivity contribution in [3.63, 3.8) is 0 Å². The summed E-state index contributed by atoms with van der Waals surface area (Å²) in [6.45, 7) is 9.43. The molecular formula is C12H27N5. The topological polar surface area (TPSA) is 48.1 Å². The number of aliphatic imine (C=N–C) groups is 1. The zero-order valence-corrected chi connectivity index (χ0v) is 11.5. The average molecular weight is 241 g/mol. The molecule has 5 nitrogen and oxygen atoms in total. The van der Waals surface area contributed by atoms with Gasteiger partial charge in [0.15, 0.2) is 5.96 Å². The Kier molecular flexibility index (Phi) is 6.29. The van der Waals surface area contributed by atoms with Gasteiger partial charge >= 0.3 is 0 Å². The van der Waals surface area contributed by atoms with E-state index in [1.165, 1.54) is 0 Å². The van der Waals surface area contributed by atoms with Crippen LogP contribution in [0, 0.1) is 0 Å². The molecule has 100 valence electrons. The van der Waals surface area contributed by atoms with Crippen molar-refractivity contribution >= 4 is 5.96 Å². The fraction of sp³-hybridized carbons (Fsp3) is 0.917. The van der Waals surface area contributed by atoms with E-state index in [-0.39, 0.29) is 0 Å². The molecule has 1 fully saturated rings. The summed E-state index contributed by atoms with van der Waals surface area (Å²) in [5, 5.41) is 0. The highest BCUT2D eigenvalue weighted by Gasteiger charge is 2.17. The van der Waals surface area contributed by atoms with Gasteiger partial charge in [-0.05, 0) is 20.5 Å². The van der Waals surface area contributed by atoms with Crippen LogP contribution in [-0.4, -0.2) is 80.6 Å². The Morgan fingerprint density at radius 2 is 1.88 bits per heavy atom. The summed E-state index contributed by atoms with van der Waals surface area (Å²) in [6, 6.07) is 0. The molecule has 0 unspecified atom stereocenters. The van der Waals surface area contributed by atoms with E-state index in [4.69, 9.17) is 5.73 Å². The normalized spacial score (nSPS) is 19.1. The van der Waals surface area contributed by atoms with Gasteiger partial charge in [-0.15, -0.1) is 0 Å². The van der Waals surface area contributed by atoms with Gasteiger partial charge in [0.1, 0.15) is 0 Å². The van der Waals surface area contributed by atoms with Crippen LogP contribution in [0.1, 0.15) is 13.3 Å². The van der Waals surface area contributed by atoms with E-state index in [1.54, 1.807) is 0 Å². The maximum Gasteiger partial charge on any atom is 0.191 e. The fourth-order valence-electron chi connectivity index (χ4n) is 1.87. The second kappa shape index (κ2) is 7.50. The van der Waals surface area contributed by atoms with Crippen LogP contribution in [0.4, 0.5) is 0 Å². The lowest BCUT2D eigenvalue weighted by Crippen LogP contribution is -2.52. The minimum Gasteiger partial charge on any atom is -0.370 e. The average Bonchev–Trinajstić information content (AvgIpc) is 2.34. The molecule has 2 N–H and O–H groups in total. The van der Waals surface area contributed by atoms with Crippen LogP contribution in [0.5, 0.6) is 0 Å². The van der Waals surface area contributed by atoms with E-state index >= 15 is 0 Å². The Balaban J connectivity index is 2.25. The Morgan fingerprint density at radius 1 is 1.24 bits per heavy atom. The number of hydrogen-bond acceptors (Lipinski definition) is 3. The molecule has 0 aliphatic carbocycles. The van der Waals surface area contributed by atoms with Crippen molar-refractivity contribution in [1.29, 1.82) is 0 Å². The molecule has 5 heteroatoms. The lowest BCUT2D eigenvalue weighted by Gasteiger charge is -2.35. The molecule has 17 heavy (non-hydrogen) atoms. The van der Waals surface area contributed by atoms with Gasteiger partial charge in [0, 0.05) is 45.8 Å². The zero-order chi connectivity index (χ0) is 12.7. The summed E-state index contributed by atoms with van der Waals surface area (Å²) in [5.74, 6) is 0.721. The number of nitrogens with zero attached hydrogens (tertiary/aromatic N) is 4. The summed E-state index contributed by atoms with van der Waals surface area (Å²) in [6.07, 6.45) is 1.06. The van der Waals surface area contributed by atoms with Crippen LogP contribution in [0.25, 0.3) is 0 Å². The Hall–Kier alpha value is -0.810. The maximum absolute atomic E-state index is 5.95. The van der Waals surface area contributed by atoms with E-state index in [2.05, 4.69) is 40.7 Å². The minimum atomic E-state index is 0.721. The molecule has 0 bridgehead atoms. The van der Waals surface area contributed by atoms with E-state index in [0.29, 0.717) is 0 Å². The quantitative estimate of drug-likeness (QED) is 0.539. The summed E-state index contributed by atoms with van der Waals surface area (Å²) in [4.78, 5) is 11.3. The second-order valence-electron chi connectivity index (χ2n) is 4.87. The van der Waals surface area contributed by atoms with Gasteiger partial charge in [-0.2, -0.15) is 0 Å². The van der Waals surface area contributed by atoms with Gasteiger partial charge in [-0.1, -0.05) is 6.92 Å². The van der Waals surface area contributed by atoms with Crippen molar-refractivity contribution in [3.8, 4) is 0 Å². The SMILES string of the molecule is CCCN=C(N)N1CCN(CCN(C)C)CC1. The number of likely N-dealkylation sites (N-methyl/N-ethyl adjacent to an activating group) is 1. The van der Waals surface area contributed by atoms with E-state index in [1.807, 2.05) is 0 Å². The second-order valence-corrected chi connectivity index (χ2v) is 4.87. The Labute approximate surface area is 105 Å². The fourth-order valence-corrected chi connectivity index (χ4v) is 1.87. The first kappa shape index (κ1) is 14.3. The summed E-state index contributed by atoms with van der Waals surface area (Å²) in [7, 11) is 4.23. The van der Waals surface area contributed by atoms with Crippen molar-refractivity contribution in [2.45, 2.75) is 13.3 Å². The summed E-state index contributed by atoms with van der Waals surface area (Å²) >= 11 is 0. The third-order valence-corrected chi connectivity index (χ3v) is 3.06. The minimum absolute atomic E-state index is 0.721. The van der Waals surface area contributed by atoms with Crippen molar-refractivity contribution in [2.24, 2.45) is 10.7 Å². The predicted molar refractivity (Wildman–Crippen MR) is 73.3 cm³/mol. The maximum atomic E-state index is 5.95. The van der Waals surface area contributed by atoms with Gasteiger partial charge < -0.3 is 15.5 Å². The summed E-state index contributed by atoms with van der Waals surface area (Å²) < 4.78 is 0. The lowest BCUT2D eigenvalue weighted by molar-refractivity contribution is 0.168. The van der Waals surface area contributed by atoms with Crippen LogP contribution in [0.2, 0.25) is 0 Å². The third kappa shape index (κ3) is 5.37. The number of hydrogen-bond donors (Lipinski definition) is 1. The van der Waals surface area contributed by atoms with Crippen molar-refractivity contribution < 1.29 is 0 Å². The Morgan fingerprint density at radius 3 is 2.41 bits per heavy atom. The van der Waals surface area contributed by atoms with Crippen LogP contribution in [0.15, 0.2) is 4.99 Å². The highest BCUT2D eigenvalue weighted by Crippen LogP contribution is 2.01. The van der Waals surface area contributed by atoms with E-state index in [9.17, 15) is 0 Å². The predicted octanol–water partition coefficient (Wildman–Crippen LogP) is -0.110. The van der Waals surface area contributed by atoms with Gasteiger partial charge in [-0.25, -0.2) is 0 Å². The lowest BCUT2D eigenvalue weighted by atomic mass is 10.3. The first-order valence-electron chi connectivity index (χ1n) is 6.55. The number of nitrogens with two attached hydrogens (primary N) is 1. The number of piperazine rings is 1. The molecule has 0 radical (unpaired) electrons. The monoisotopic (exact) mass is 241 g/mol. The summed E-state index contributed by atoms with van der Waals surface area (Å²) in [5.41, 5.74) is 5.95. The molecule has 0 aromatic rings. The molecule has 0 amide bonds. The number of guanidine groups is 1. The number of rotatable bonds is 5. The van der Waals surface area contributed by atoms with Gasteiger partial charge in [0.25, 0.3) is 0 Å². The van der Waals surface area contributed by atoms with Gasteiger partial charge in [0.2, 0.25) is 0 Å². The van der Waals surface area contributed by atoms with Gasteiger partial charge in [-0.3, -0.25) is 9.89 Å². The molecule has 1 heterocycles. The van der Waals surface area contributed by atoms with E-state index < -0.39 is 0 Å². The van der Waals surface area contributed by atoms with Gasteiger partial charge in [0.05, 0.1) is 0 Å². The first-order valence-corrected chi connectivity index (χ1v) is 6.55. The molecule has 0 aromatic heterocycles. The van der Waals surface area contributed by atoms with Crippen LogP contribution in [-0.2, 0) is 0 Å². The molecule has 0 spiro atoms. The van der Waals surface area contributed by atoms with Crippen LogP contribution >= 0.6 is 0 Å². The molecule has 1 saturated heterocycles. The molecule has 0 atom stereocenters. The molecule has 1 rings (SSSR count). The van der Waals surface area contributed by atoms with Crippen molar-refractivity contribution in [3.05, 3.63) is 0 Å². The molecule has 0 aromatic carbocycles. The molecule has 1 aliphatic heterocycles. The van der Waals surface area contributed by atoms with Crippen molar-refractivity contribution in [2.75, 3.05) is 59.9 Å². The largest absolute Gasteiger partial charge is 0.370 e. The zero-order valence-electron chi connectivity index (χ0n) is 11.5. The third-order valence-electron chi connectivity index (χ3n) is 3.06. The first-order chi connectivity index (χ1) is 8.13. The van der Waals surface area contributed by atoms with E-state index in [0.717, 1.165) is 58.2 Å². The Bertz CT molecular complexity index is 231. The standard InChI is InChI=1S/C12H27N5/c1-4-5-14-12(13)17-10-8-16(9-11-17)7-6-15(2)3/h4-11H2,1-3H3,(H2,13,14). The van der Waals surface area contributed by atoms with Crippen LogP contribution in [0.3, 0.4) is 0 Å². The van der Waals surface area contributed by atoms with Crippen molar-refractivity contribution in [1.82, 2.24) is 14.7 Å². The highest BCUT2D eigenvalue weighted by molar-refractivity contribution is 5.78. The molecule has 0 saturated carbocycles.